The lowest BCUT2D eigenvalue weighted by atomic mass is 10.2. The van der Waals surface area contributed by atoms with Crippen LogP contribution in [0.5, 0.6) is 17.2 Å². The molecular weight excluding hydrogens is 362 g/mol. The number of hydrogen-bond acceptors (Lipinski definition) is 4. The Hall–Kier alpha value is -3.12. The second kappa shape index (κ2) is 8.05. The van der Waals surface area contributed by atoms with Gasteiger partial charge in [0, 0.05) is 6.21 Å². The minimum Gasteiger partial charge on any atom is -0.493 e. The molecule has 0 aliphatic carbocycles. The number of aryl methyl sites for hydroxylation is 1. The van der Waals surface area contributed by atoms with Crippen LogP contribution in [0.15, 0.2) is 82.1 Å². The van der Waals surface area contributed by atoms with E-state index in [1.807, 2.05) is 31.2 Å². The zero-order valence-corrected chi connectivity index (χ0v) is 15.8. The number of rotatable bonds is 6. The van der Waals surface area contributed by atoms with Crippen molar-refractivity contribution in [2.75, 3.05) is 7.11 Å². The van der Waals surface area contributed by atoms with Gasteiger partial charge in [-0.15, -0.1) is 0 Å². The van der Waals surface area contributed by atoms with Crippen LogP contribution < -0.4 is 9.47 Å². The van der Waals surface area contributed by atoms with Crippen LogP contribution in [0.3, 0.4) is 0 Å². The van der Waals surface area contributed by atoms with Crippen molar-refractivity contribution >= 4 is 16.2 Å². The number of para-hydroxylation sites is 2. The zero-order chi connectivity index (χ0) is 19.3. The van der Waals surface area contributed by atoms with Gasteiger partial charge in [0.15, 0.2) is 11.5 Å². The fourth-order valence-corrected chi connectivity index (χ4v) is 3.22. The smallest absolute Gasteiger partial charge is 0.282 e. The van der Waals surface area contributed by atoms with Crippen LogP contribution in [-0.2, 0) is 10.0 Å². The lowest BCUT2D eigenvalue weighted by Crippen LogP contribution is -1.97. The van der Waals surface area contributed by atoms with E-state index in [1.54, 1.807) is 55.6 Å². The number of sulfonamides is 1. The van der Waals surface area contributed by atoms with Crippen LogP contribution in [-0.4, -0.2) is 21.7 Å². The fraction of sp³-hybridized carbons (Fsp3) is 0.0952. The molecule has 3 aromatic rings. The van der Waals surface area contributed by atoms with E-state index in [1.165, 1.54) is 6.21 Å². The van der Waals surface area contributed by atoms with Crippen LogP contribution in [0.2, 0.25) is 0 Å². The van der Waals surface area contributed by atoms with E-state index in [-0.39, 0.29) is 4.90 Å². The summed E-state index contributed by atoms with van der Waals surface area (Å²) in [5, 5.41) is 0. The minimum absolute atomic E-state index is 0.167. The van der Waals surface area contributed by atoms with Gasteiger partial charge in [0.1, 0.15) is 5.75 Å². The summed E-state index contributed by atoms with van der Waals surface area (Å²) < 4.78 is 39.3. The third kappa shape index (κ3) is 4.74. The molecule has 138 valence electrons. The summed E-state index contributed by atoms with van der Waals surface area (Å²) >= 11 is 0. The van der Waals surface area contributed by atoms with Crippen molar-refractivity contribution in [3.05, 3.63) is 83.9 Å². The van der Waals surface area contributed by atoms with Gasteiger partial charge < -0.3 is 9.47 Å². The molecule has 0 spiro atoms. The second-order valence-corrected chi connectivity index (χ2v) is 7.48. The van der Waals surface area contributed by atoms with Crippen molar-refractivity contribution < 1.29 is 17.9 Å². The van der Waals surface area contributed by atoms with E-state index in [0.717, 1.165) is 5.56 Å². The first-order chi connectivity index (χ1) is 13.0. The molecule has 0 fully saturated rings. The molecule has 27 heavy (non-hydrogen) atoms. The lowest BCUT2D eigenvalue weighted by Gasteiger charge is -2.09. The van der Waals surface area contributed by atoms with Crippen molar-refractivity contribution in [1.82, 2.24) is 0 Å². The van der Waals surface area contributed by atoms with Crippen molar-refractivity contribution in [2.24, 2.45) is 4.40 Å². The Morgan fingerprint density at radius 3 is 2.11 bits per heavy atom. The van der Waals surface area contributed by atoms with Crippen molar-refractivity contribution in [3.8, 4) is 17.2 Å². The molecule has 0 amide bonds. The van der Waals surface area contributed by atoms with E-state index >= 15 is 0 Å². The first-order valence-corrected chi connectivity index (χ1v) is 9.70. The summed E-state index contributed by atoms with van der Waals surface area (Å²) in [6.45, 7) is 1.90. The highest BCUT2D eigenvalue weighted by atomic mass is 32.2. The summed E-state index contributed by atoms with van der Waals surface area (Å²) in [5.41, 5.74) is 1.64. The third-order valence-electron chi connectivity index (χ3n) is 3.84. The molecule has 3 rings (SSSR count). The molecular formula is C21H19NO4S. The second-order valence-electron chi connectivity index (χ2n) is 5.84. The average molecular weight is 381 g/mol. The Morgan fingerprint density at radius 1 is 0.852 bits per heavy atom. The molecule has 0 atom stereocenters. The van der Waals surface area contributed by atoms with Crippen LogP contribution in [0, 0.1) is 6.92 Å². The van der Waals surface area contributed by atoms with Crippen LogP contribution in [0.4, 0.5) is 0 Å². The molecule has 3 aromatic carbocycles. The van der Waals surface area contributed by atoms with E-state index in [2.05, 4.69) is 4.40 Å². The molecule has 0 saturated heterocycles. The van der Waals surface area contributed by atoms with Crippen LogP contribution in [0.1, 0.15) is 11.1 Å². The maximum absolute atomic E-state index is 12.3. The number of hydrogen-bond donors (Lipinski definition) is 0. The molecule has 0 N–H and O–H groups in total. The predicted octanol–water partition coefficient (Wildman–Crippen LogP) is 4.60. The first kappa shape index (κ1) is 18.7. The van der Waals surface area contributed by atoms with Gasteiger partial charge in [-0.25, -0.2) is 0 Å². The van der Waals surface area contributed by atoms with Gasteiger partial charge in [0.05, 0.1) is 12.0 Å². The molecule has 0 heterocycles. The molecule has 0 aliphatic rings. The molecule has 0 radical (unpaired) electrons. The zero-order valence-electron chi connectivity index (χ0n) is 15.0. The SMILES string of the molecule is COc1ccccc1Oc1ccc(C=NS(=O)(=O)c2ccc(C)cc2)cc1. The van der Waals surface area contributed by atoms with Gasteiger partial charge in [0.25, 0.3) is 10.0 Å². The highest BCUT2D eigenvalue weighted by molar-refractivity contribution is 7.90. The predicted molar refractivity (Wildman–Crippen MR) is 105 cm³/mol. The van der Waals surface area contributed by atoms with E-state index in [9.17, 15) is 8.42 Å². The fourth-order valence-electron chi connectivity index (χ4n) is 2.35. The highest BCUT2D eigenvalue weighted by Crippen LogP contribution is 2.30. The maximum atomic E-state index is 12.3. The van der Waals surface area contributed by atoms with E-state index in [4.69, 9.17) is 9.47 Å². The summed E-state index contributed by atoms with van der Waals surface area (Å²) in [7, 11) is -2.14. The molecule has 0 saturated carbocycles. The Morgan fingerprint density at radius 2 is 1.48 bits per heavy atom. The topological polar surface area (TPSA) is 65.0 Å². The molecule has 0 aliphatic heterocycles. The quantitative estimate of drug-likeness (QED) is 0.585. The minimum atomic E-state index is -3.72. The number of benzene rings is 3. The van der Waals surface area contributed by atoms with E-state index < -0.39 is 10.0 Å². The average Bonchev–Trinajstić information content (AvgIpc) is 2.68. The molecule has 5 nitrogen and oxygen atoms in total. The Labute approximate surface area is 159 Å². The van der Waals surface area contributed by atoms with Gasteiger partial charge in [-0.05, 0) is 61.0 Å². The highest BCUT2D eigenvalue weighted by Gasteiger charge is 2.11. The largest absolute Gasteiger partial charge is 0.493 e. The number of ether oxygens (including phenoxy) is 2. The summed E-state index contributed by atoms with van der Waals surface area (Å²) in [5.74, 6) is 1.84. The number of nitrogens with zero attached hydrogens (tertiary/aromatic N) is 1. The molecule has 0 bridgehead atoms. The van der Waals surface area contributed by atoms with Crippen molar-refractivity contribution in [1.29, 1.82) is 0 Å². The van der Waals surface area contributed by atoms with Gasteiger partial charge in [-0.3, -0.25) is 0 Å². The third-order valence-corrected chi connectivity index (χ3v) is 5.09. The molecule has 0 aromatic heterocycles. The Kier molecular flexibility index (Phi) is 5.57. The number of methoxy groups -OCH3 is 1. The summed E-state index contributed by atoms with van der Waals surface area (Å²) in [6, 6.07) is 20.9. The Balaban J connectivity index is 1.73. The van der Waals surface area contributed by atoms with Crippen molar-refractivity contribution in [2.45, 2.75) is 11.8 Å². The van der Waals surface area contributed by atoms with Gasteiger partial charge in [0.2, 0.25) is 0 Å². The Bertz CT molecular complexity index is 1040. The first-order valence-electron chi connectivity index (χ1n) is 8.26. The van der Waals surface area contributed by atoms with Gasteiger partial charge in [-0.2, -0.15) is 12.8 Å². The summed E-state index contributed by atoms with van der Waals surface area (Å²) in [4.78, 5) is 0.167. The van der Waals surface area contributed by atoms with Gasteiger partial charge >= 0.3 is 0 Å². The molecule has 0 unspecified atom stereocenters. The normalized spacial score (nSPS) is 11.5. The van der Waals surface area contributed by atoms with Crippen LogP contribution >= 0.6 is 0 Å². The van der Waals surface area contributed by atoms with Crippen LogP contribution in [0.25, 0.3) is 0 Å². The van der Waals surface area contributed by atoms with Crippen molar-refractivity contribution in [3.63, 3.8) is 0 Å². The standard InChI is InChI=1S/C21H19NO4S/c1-16-7-13-19(14-8-16)27(23,24)22-15-17-9-11-18(12-10-17)26-21-6-4-3-5-20(21)25-2/h3-15H,1-2H3. The monoisotopic (exact) mass is 381 g/mol. The molecule has 6 heteroatoms. The van der Waals surface area contributed by atoms with E-state index in [0.29, 0.717) is 22.8 Å². The maximum Gasteiger partial charge on any atom is 0.282 e. The lowest BCUT2D eigenvalue weighted by molar-refractivity contribution is 0.379. The summed E-state index contributed by atoms with van der Waals surface area (Å²) in [6.07, 6.45) is 1.32. The van der Waals surface area contributed by atoms with Gasteiger partial charge in [-0.1, -0.05) is 29.8 Å².